The summed E-state index contributed by atoms with van der Waals surface area (Å²) in [6.07, 6.45) is 4.51. The maximum Gasteiger partial charge on any atom is 0.425 e. The van der Waals surface area contributed by atoms with Gasteiger partial charge < -0.3 is 4.74 Å². The number of pyridine rings is 4. The van der Waals surface area contributed by atoms with Gasteiger partial charge in [-0.1, -0.05) is 24.3 Å². The Morgan fingerprint density at radius 3 is 1.52 bits per heavy atom. The summed E-state index contributed by atoms with van der Waals surface area (Å²) in [6.45, 7) is 0. The Morgan fingerprint density at radius 2 is 1.00 bits per heavy atom. The molecule has 0 atom stereocenters. The average molecular weight is 563 g/mol. The molecule has 4 aromatic carbocycles. The van der Waals surface area contributed by atoms with Crippen molar-refractivity contribution in [3.05, 3.63) is 121 Å². The van der Waals surface area contributed by atoms with E-state index >= 15 is 0 Å². The van der Waals surface area contributed by atoms with E-state index in [1.54, 1.807) is 0 Å². The van der Waals surface area contributed by atoms with Gasteiger partial charge in [0.2, 0.25) is 11.0 Å². The lowest BCUT2D eigenvalue weighted by Crippen LogP contribution is -2.72. The van der Waals surface area contributed by atoms with Crippen LogP contribution < -0.4 is 13.9 Å². The summed E-state index contributed by atoms with van der Waals surface area (Å²) in [5, 5.41) is 4.67. The molecule has 1 spiro atoms. The van der Waals surface area contributed by atoms with Crippen LogP contribution in [0.5, 0.6) is 11.5 Å². The van der Waals surface area contributed by atoms with E-state index in [0.29, 0.717) is 0 Å². The van der Waals surface area contributed by atoms with E-state index in [4.69, 9.17) is 14.7 Å². The number of imidazole rings is 2. The van der Waals surface area contributed by atoms with E-state index in [0.717, 1.165) is 66.7 Å². The lowest BCUT2D eigenvalue weighted by molar-refractivity contribution is -0.945. The SMILES string of the molecule is c1ccc2c(c1)nc1c3ccc4c5c3c3c(ccc[n+]3C53c5c(ccc6c5c5c(ccc[n+]53)n3c5ccccc5nc63)O4)n21. The lowest BCUT2D eigenvalue weighted by atomic mass is 9.86. The molecule has 0 saturated carbocycles. The van der Waals surface area contributed by atoms with Crippen LogP contribution >= 0.6 is 0 Å². The molecule has 6 aromatic heterocycles. The van der Waals surface area contributed by atoms with Crippen molar-refractivity contribution in [1.29, 1.82) is 0 Å². The molecule has 3 aliphatic heterocycles. The first-order valence-corrected chi connectivity index (χ1v) is 14.9. The van der Waals surface area contributed by atoms with Gasteiger partial charge in [-0.05, 0) is 60.7 Å². The lowest BCUT2D eigenvalue weighted by Gasteiger charge is -2.25. The van der Waals surface area contributed by atoms with Crippen molar-refractivity contribution in [1.82, 2.24) is 18.8 Å². The molecule has 10 aromatic rings. The number of ether oxygens (including phenoxy) is 1. The molecule has 0 unspecified atom stereocenters. The fourth-order valence-electron chi connectivity index (χ4n) is 9.03. The Balaban J connectivity index is 1.34. The van der Waals surface area contributed by atoms with Gasteiger partial charge in [-0.3, -0.25) is 8.80 Å². The summed E-state index contributed by atoms with van der Waals surface area (Å²) >= 11 is 0. The quantitative estimate of drug-likeness (QED) is 0.157. The van der Waals surface area contributed by atoms with Crippen molar-refractivity contribution in [3.63, 3.8) is 0 Å². The van der Waals surface area contributed by atoms with E-state index in [1.165, 1.54) is 32.9 Å². The van der Waals surface area contributed by atoms with E-state index in [1.807, 2.05) is 0 Å². The monoisotopic (exact) mass is 562 g/mol. The second-order valence-corrected chi connectivity index (χ2v) is 12.2. The number of aromatic nitrogens is 6. The van der Waals surface area contributed by atoms with Crippen molar-refractivity contribution in [2.24, 2.45) is 0 Å². The molecular formula is C37H18N6O+2. The fourth-order valence-corrected chi connectivity index (χ4v) is 9.03. The zero-order valence-corrected chi connectivity index (χ0v) is 23.0. The minimum atomic E-state index is -0.657. The van der Waals surface area contributed by atoms with E-state index in [9.17, 15) is 0 Å². The number of hydrogen-bond donors (Lipinski definition) is 0. The van der Waals surface area contributed by atoms with Crippen LogP contribution in [0.4, 0.5) is 0 Å². The van der Waals surface area contributed by atoms with Gasteiger partial charge in [-0.15, -0.1) is 9.13 Å². The molecule has 13 rings (SSSR count). The van der Waals surface area contributed by atoms with Crippen LogP contribution in [0.15, 0.2) is 109 Å². The highest BCUT2D eigenvalue weighted by atomic mass is 16.5. The molecule has 44 heavy (non-hydrogen) atoms. The third-order valence-corrected chi connectivity index (χ3v) is 10.5. The Labute approximate surface area is 247 Å². The topological polar surface area (TPSA) is 51.6 Å². The van der Waals surface area contributed by atoms with Gasteiger partial charge in [0.05, 0.1) is 32.8 Å². The average Bonchev–Trinajstić information content (AvgIpc) is 3.81. The fraction of sp³-hybridized carbons (Fsp3) is 0.0270. The third-order valence-electron chi connectivity index (χ3n) is 10.5. The van der Waals surface area contributed by atoms with Crippen LogP contribution in [0.25, 0.3) is 77.0 Å². The van der Waals surface area contributed by atoms with Gasteiger partial charge in [0.25, 0.3) is 0 Å². The highest BCUT2D eigenvalue weighted by molar-refractivity contribution is 6.18. The third kappa shape index (κ3) is 1.85. The number of para-hydroxylation sites is 4. The molecule has 7 heteroatoms. The van der Waals surface area contributed by atoms with Crippen molar-refractivity contribution in [2.75, 3.05) is 0 Å². The number of rotatable bonds is 0. The highest BCUT2D eigenvalue weighted by Gasteiger charge is 2.69. The first-order valence-electron chi connectivity index (χ1n) is 14.9. The number of fused-ring (bicyclic) bond motifs is 10. The first kappa shape index (κ1) is 20.7. The summed E-state index contributed by atoms with van der Waals surface area (Å²) in [6, 6.07) is 34.4. The zero-order valence-electron chi connectivity index (χ0n) is 23.0. The molecule has 9 heterocycles. The second-order valence-electron chi connectivity index (χ2n) is 12.2. The summed E-state index contributed by atoms with van der Waals surface area (Å²) < 4.78 is 16.5. The van der Waals surface area contributed by atoms with Gasteiger partial charge in [0.15, 0.2) is 23.5 Å². The second kappa shape index (κ2) is 6.31. The first-order chi connectivity index (χ1) is 21.8. The zero-order chi connectivity index (χ0) is 28.1. The van der Waals surface area contributed by atoms with Crippen LogP contribution in [0.3, 0.4) is 0 Å². The molecule has 200 valence electrons. The Hall–Kier alpha value is -6.08. The smallest absolute Gasteiger partial charge is 0.425 e. The number of nitrogens with zero attached hydrogens (tertiary/aromatic N) is 6. The van der Waals surface area contributed by atoms with Crippen molar-refractivity contribution < 1.29 is 13.9 Å². The van der Waals surface area contributed by atoms with Crippen molar-refractivity contribution >= 4 is 77.0 Å². The number of hydrogen-bond acceptors (Lipinski definition) is 3. The predicted molar refractivity (Wildman–Crippen MR) is 167 cm³/mol. The van der Waals surface area contributed by atoms with Crippen LogP contribution in [0.1, 0.15) is 11.1 Å². The summed E-state index contributed by atoms with van der Waals surface area (Å²) in [5.41, 5.74) is 12.5. The molecule has 7 nitrogen and oxygen atoms in total. The van der Waals surface area contributed by atoms with Crippen molar-refractivity contribution in [3.8, 4) is 11.5 Å². The van der Waals surface area contributed by atoms with Gasteiger partial charge in [0, 0.05) is 22.9 Å². The molecule has 0 amide bonds. The van der Waals surface area contributed by atoms with Gasteiger partial charge in [-0.2, -0.15) is 0 Å². The van der Waals surface area contributed by atoms with Crippen molar-refractivity contribution in [2.45, 2.75) is 5.66 Å². The minimum Gasteiger partial charge on any atom is -0.456 e. The van der Waals surface area contributed by atoms with E-state index in [2.05, 4.69) is 127 Å². The van der Waals surface area contributed by atoms with Crippen LogP contribution in [-0.2, 0) is 5.66 Å². The summed E-state index contributed by atoms with van der Waals surface area (Å²) in [5.74, 6) is 1.78. The molecule has 0 aliphatic carbocycles. The maximum absolute atomic E-state index is 6.87. The van der Waals surface area contributed by atoms with E-state index in [-0.39, 0.29) is 0 Å². The molecule has 3 aliphatic rings. The van der Waals surface area contributed by atoms with Crippen LogP contribution in [-0.4, -0.2) is 18.8 Å². The molecule has 0 N–H and O–H groups in total. The van der Waals surface area contributed by atoms with Gasteiger partial charge in [-0.25, -0.2) is 9.97 Å². The summed E-state index contributed by atoms with van der Waals surface area (Å²) in [7, 11) is 0. The standard InChI is InChI=1S/C37H18N6O/c1-3-9-23-21(7-1)38-35-19-13-15-27-31-29(19)33-25(42(23)35)11-5-17-40(33)37(31)32-28(44-27)16-14-20-30(32)34-26(12-6-18-41(34)37)43-24-10-4-2-8-22(24)39-36(20)43/h1-18H/q+2. The maximum atomic E-state index is 6.87. The van der Waals surface area contributed by atoms with Gasteiger partial charge in [0.1, 0.15) is 33.8 Å². The Bertz CT molecular complexity index is 2890. The Morgan fingerprint density at radius 1 is 0.523 bits per heavy atom. The van der Waals surface area contributed by atoms with Crippen LogP contribution in [0.2, 0.25) is 0 Å². The Kier molecular flexibility index (Phi) is 2.97. The largest absolute Gasteiger partial charge is 0.456 e. The summed E-state index contributed by atoms with van der Waals surface area (Å²) in [4.78, 5) is 10.4. The molecule has 0 bridgehead atoms. The van der Waals surface area contributed by atoms with E-state index < -0.39 is 5.66 Å². The molecule has 0 fully saturated rings. The number of benzene rings is 4. The normalized spacial score (nSPS) is 15.2. The predicted octanol–water partition coefficient (Wildman–Crippen LogP) is 6.51. The molecule has 0 radical (unpaired) electrons. The highest BCUT2D eigenvalue weighted by Crippen LogP contribution is 2.57. The molecule has 0 saturated heterocycles. The molecular weight excluding hydrogens is 544 g/mol. The van der Waals surface area contributed by atoms with Gasteiger partial charge >= 0.3 is 5.66 Å². The minimum absolute atomic E-state index is 0.657. The van der Waals surface area contributed by atoms with Crippen LogP contribution in [0, 0.1) is 0 Å².